The Hall–Kier alpha value is -0.0900. The second-order valence-corrected chi connectivity index (χ2v) is 3.11. The highest BCUT2D eigenvalue weighted by molar-refractivity contribution is 9.09. The van der Waals surface area contributed by atoms with Gasteiger partial charge in [0.2, 0.25) is 0 Å². The maximum atomic E-state index is 10.3. The minimum Gasteiger partial charge on any atom is -0.480 e. The largest absolute Gasteiger partial charge is 0.480 e. The number of nitrogens with two attached hydrogens (primary N) is 1. The van der Waals surface area contributed by atoms with Gasteiger partial charge in [-0.1, -0.05) is 22.9 Å². The maximum Gasteiger partial charge on any atom is 0.320 e. The fourth-order valence-electron chi connectivity index (χ4n) is 0.595. The van der Waals surface area contributed by atoms with E-state index in [0.717, 1.165) is 11.8 Å². The summed E-state index contributed by atoms with van der Waals surface area (Å²) >= 11 is 3.22. The first kappa shape index (κ1) is 9.91. The molecule has 0 saturated carbocycles. The molecule has 0 rings (SSSR count). The molecule has 0 bridgehead atoms. The smallest absolute Gasteiger partial charge is 0.320 e. The zero-order chi connectivity index (χ0) is 8.15. The van der Waals surface area contributed by atoms with Crippen molar-refractivity contribution in [2.24, 2.45) is 11.7 Å². The summed E-state index contributed by atoms with van der Waals surface area (Å²) in [5.41, 5.74) is 5.33. The van der Waals surface area contributed by atoms with Crippen LogP contribution in [0.5, 0.6) is 0 Å². The lowest BCUT2D eigenvalue weighted by atomic mass is 10.0. The second kappa shape index (κ2) is 4.68. The lowest BCUT2D eigenvalue weighted by Crippen LogP contribution is -2.36. The normalized spacial score (nSPS) is 16.3. The van der Waals surface area contributed by atoms with Crippen molar-refractivity contribution in [2.75, 3.05) is 5.33 Å². The van der Waals surface area contributed by atoms with Gasteiger partial charge in [0.1, 0.15) is 6.04 Å². The fraction of sp³-hybridized carbons (Fsp3) is 0.833. The highest BCUT2D eigenvalue weighted by atomic mass is 79.9. The fourth-order valence-corrected chi connectivity index (χ4v) is 1.32. The third kappa shape index (κ3) is 3.17. The van der Waals surface area contributed by atoms with Crippen molar-refractivity contribution in [3.63, 3.8) is 0 Å². The molecule has 4 heteroatoms. The molecule has 2 atom stereocenters. The van der Waals surface area contributed by atoms with Crippen LogP contribution in [-0.4, -0.2) is 22.4 Å². The van der Waals surface area contributed by atoms with E-state index >= 15 is 0 Å². The molecular weight excluding hydrogens is 198 g/mol. The van der Waals surface area contributed by atoms with Gasteiger partial charge >= 0.3 is 5.97 Å². The van der Waals surface area contributed by atoms with Crippen LogP contribution in [0.2, 0.25) is 0 Å². The maximum absolute atomic E-state index is 10.3. The molecular formula is C6H12BrNO2. The Kier molecular flexibility index (Phi) is 4.64. The second-order valence-electron chi connectivity index (χ2n) is 2.32. The molecule has 0 saturated heterocycles. The number of hydrogen-bond donors (Lipinski definition) is 2. The third-order valence-corrected chi connectivity index (χ3v) is 1.92. The summed E-state index contributed by atoms with van der Waals surface area (Å²) in [6.07, 6.45) is 0.799. The molecule has 0 spiro atoms. The number of aliphatic carboxylic acids is 1. The van der Waals surface area contributed by atoms with E-state index in [4.69, 9.17) is 10.8 Å². The van der Waals surface area contributed by atoms with Gasteiger partial charge in [0.05, 0.1) is 0 Å². The number of halogens is 1. The first-order chi connectivity index (χ1) is 4.59. The Balaban J connectivity index is 3.69. The van der Waals surface area contributed by atoms with Gasteiger partial charge in [-0.15, -0.1) is 0 Å². The highest BCUT2D eigenvalue weighted by Gasteiger charge is 2.18. The van der Waals surface area contributed by atoms with E-state index in [2.05, 4.69) is 15.9 Å². The summed E-state index contributed by atoms with van der Waals surface area (Å²) in [6.45, 7) is 1.83. The molecule has 0 aromatic carbocycles. The van der Waals surface area contributed by atoms with Crippen LogP contribution in [0.15, 0.2) is 0 Å². The summed E-state index contributed by atoms with van der Waals surface area (Å²) in [4.78, 5) is 10.3. The molecule has 60 valence electrons. The zero-order valence-electron chi connectivity index (χ0n) is 5.88. The number of alkyl halides is 1. The number of carboxylic acid groups (broad SMARTS) is 1. The average Bonchev–Trinajstić information content (AvgIpc) is 1.87. The minimum absolute atomic E-state index is 0.0388. The van der Waals surface area contributed by atoms with Gasteiger partial charge in [-0.25, -0.2) is 0 Å². The summed E-state index contributed by atoms with van der Waals surface area (Å²) in [5.74, 6) is -0.884. The Bertz CT molecular complexity index is 118. The SMILES string of the molecule is CC(CCBr)C(N)C(=O)O. The van der Waals surface area contributed by atoms with E-state index in [-0.39, 0.29) is 5.92 Å². The topological polar surface area (TPSA) is 63.3 Å². The van der Waals surface area contributed by atoms with E-state index in [1.54, 1.807) is 0 Å². The lowest BCUT2D eigenvalue weighted by molar-refractivity contribution is -0.139. The molecule has 0 aliphatic rings. The Morgan fingerprint density at radius 2 is 2.30 bits per heavy atom. The molecule has 0 aromatic rings. The van der Waals surface area contributed by atoms with Gasteiger partial charge < -0.3 is 10.8 Å². The average molecular weight is 210 g/mol. The van der Waals surface area contributed by atoms with Gasteiger partial charge in [-0.2, -0.15) is 0 Å². The first-order valence-electron chi connectivity index (χ1n) is 3.14. The summed E-state index contributed by atoms with van der Waals surface area (Å²) in [6, 6.07) is -0.724. The summed E-state index contributed by atoms with van der Waals surface area (Å²) < 4.78 is 0. The van der Waals surface area contributed by atoms with Crippen LogP contribution in [-0.2, 0) is 4.79 Å². The van der Waals surface area contributed by atoms with E-state index in [1.165, 1.54) is 0 Å². The van der Waals surface area contributed by atoms with Crippen molar-refractivity contribution in [1.29, 1.82) is 0 Å². The van der Waals surface area contributed by atoms with Crippen LogP contribution in [0.1, 0.15) is 13.3 Å². The van der Waals surface area contributed by atoms with Crippen LogP contribution in [0.3, 0.4) is 0 Å². The molecule has 0 aliphatic carbocycles. The van der Waals surface area contributed by atoms with E-state index in [9.17, 15) is 4.79 Å². The molecule has 2 unspecified atom stereocenters. The molecule has 0 amide bonds. The Labute approximate surface area is 68.7 Å². The summed E-state index contributed by atoms with van der Waals surface area (Å²) in [5, 5.41) is 9.24. The van der Waals surface area contributed by atoms with Gasteiger partial charge in [-0.3, -0.25) is 4.79 Å². The van der Waals surface area contributed by atoms with Crippen molar-refractivity contribution < 1.29 is 9.90 Å². The van der Waals surface area contributed by atoms with Crippen LogP contribution in [0, 0.1) is 5.92 Å². The number of rotatable bonds is 4. The Morgan fingerprint density at radius 1 is 1.80 bits per heavy atom. The predicted molar refractivity (Wildman–Crippen MR) is 43.2 cm³/mol. The minimum atomic E-state index is -0.923. The molecule has 10 heavy (non-hydrogen) atoms. The molecule has 0 fully saturated rings. The van der Waals surface area contributed by atoms with Gasteiger partial charge in [0.15, 0.2) is 0 Å². The standard InChI is InChI=1S/C6H12BrNO2/c1-4(2-3-7)5(8)6(9)10/h4-5H,2-3,8H2,1H3,(H,9,10). The third-order valence-electron chi connectivity index (χ3n) is 1.46. The molecule has 0 heterocycles. The zero-order valence-corrected chi connectivity index (χ0v) is 7.47. The van der Waals surface area contributed by atoms with Gasteiger partial charge in [0, 0.05) is 5.33 Å². The molecule has 0 aliphatic heterocycles. The van der Waals surface area contributed by atoms with E-state index in [0.29, 0.717) is 0 Å². The Morgan fingerprint density at radius 3 is 2.60 bits per heavy atom. The first-order valence-corrected chi connectivity index (χ1v) is 4.26. The van der Waals surface area contributed by atoms with Crippen molar-refractivity contribution in [2.45, 2.75) is 19.4 Å². The van der Waals surface area contributed by atoms with E-state index < -0.39 is 12.0 Å². The highest BCUT2D eigenvalue weighted by Crippen LogP contribution is 2.07. The molecule has 3 N–H and O–H groups in total. The molecule has 3 nitrogen and oxygen atoms in total. The molecule has 0 aromatic heterocycles. The predicted octanol–water partition coefficient (Wildman–Crippen LogP) is 0.819. The molecule has 0 radical (unpaired) electrons. The van der Waals surface area contributed by atoms with Crippen molar-refractivity contribution in [1.82, 2.24) is 0 Å². The lowest BCUT2D eigenvalue weighted by Gasteiger charge is -2.13. The van der Waals surface area contributed by atoms with Crippen molar-refractivity contribution >= 4 is 21.9 Å². The van der Waals surface area contributed by atoms with Gasteiger partial charge in [0.25, 0.3) is 0 Å². The number of carboxylic acids is 1. The monoisotopic (exact) mass is 209 g/mol. The van der Waals surface area contributed by atoms with Gasteiger partial charge in [-0.05, 0) is 12.3 Å². The number of carbonyl (C=O) groups is 1. The number of hydrogen-bond acceptors (Lipinski definition) is 2. The van der Waals surface area contributed by atoms with Crippen molar-refractivity contribution in [3.8, 4) is 0 Å². The van der Waals surface area contributed by atoms with Crippen molar-refractivity contribution in [3.05, 3.63) is 0 Å². The van der Waals surface area contributed by atoms with E-state index in [1.807, 2.05) is 6.92 Å². The van der Waals surface area contributed by atoms with Crippen LogP contribution < -0.4 is 5.73 Å². The van der Waals surface area contributed by atoms with Crippen LogP contribution in [0.4, 0.5) is 0 Å². The van der Waals surface area contributed by atoms with Crippen LogP contribution in [0.25, 0.3) is 0 Å². The summed E-state index contributed by atoms with van der Waals surface area (Å²) in [7, 11) is 0. The van der Waals surface area contributed by atoms with Crippen LogP contribution >= 0.6 is 15.9 Å². The quantitative estimate of drug-likeness (QED) is 0.675.